The van der Waals surface area contributed by atoms with Gasteiger partial charge in [0, 0.05) is 6.07 Å². The van der Waals surface area contributed by atoms with Crippen molar-refractivity contribution in [3.8, 4) is 17.2 Å². The van der Waals surface area contributed by atoms with Gasteiger partial charge in [-0.2, -0.15) is 0 Å². The molecule has 106 valence electrons. The van der Waals surface area contributed by atoms with Crippen molar-refractivity contribution in [3.05, 3.63) is 16.1 Å². The molecule has 0 aliphatic rings. The topological polar surface area (TPSA) is 74.2 Å². The van der Waals surface area contributed by atoms with E-state index >= 15 is 0 Å². The maximum absolute atomic E-state index is 11.5. The fraction of sp³-hybridized carbons (Fsp3) is 0.417. The Morgan fingerprint density at radius 1 is 1.16 bits per heavy atom. The summed E-state index contributed by atoms with van der Waals surface area (Å²) in [6, 6.07) is 1.52. The normalized spacial score (nSPS) is 11.7. The summed E-state index contributed by atoms with van der Waals surface area (Å²) in [6.45, 7) is 0. The van der Waals surface area contributed by atoms with Crippen LogP contribution in [-0.2, 0) is 9.53 Å². The quantitative estimate of drug-likeness (QED) is 0.826. The van der Waals surface area contributed by atoms with E-state index in [1.165, 1.54) is 34.5 Å². The maximum atomic E-state index is 11.5. The van der Waals surface area contributed by atoms with Crippen molar-refractivity contribution in [2.75, 3.05) is 28.4 Å². The fourth-order valence-electron chi connectivity index (χ4n) is 1.60. The minimum Gasteiger partial charge on any atom is -0.496 e. The molecule has 0 aliphatic heterocycles. The van der Waals surface area contributed by atoms with Crippen LogP contribution in [0.4, 0.5) is 0 Å². The van der Waals surface area contributed by atoms with Crippen LogP contribution in [0.3, 0.4) is 0 Å². The van der Waals surface area contributed by atoms with Gasteiger partial charge in [-0.3, -0.25) is 0 Å². The van der Waals surface area contributed by atoms with Gasteiger partial charge in [-0.05, 0) is 15.9 Å². The molecule has 0 fully saturated rings. The van der Waals surface area contributed by atoms with E-state index in [1.54, 1.807) is 0 Å². The number of benzene rings is 1. The van der Waals surface area contributed by atoms with Gasteiger partial charge in [0.2, 0.25) is 0 Å². The van der Waals surface area contributed by atoms with Crippen LogP contribution in [0.25, 0.3) is 0 Å². The van der Waals surface area contributed by atoms with Crippen molar-refractivity contribution in [1.82, 2.24) is 0 Å². The van der Waals surface area contributed by atoms with E-state index in [0.717, 1.165) is 0 Å². The van der Waals surface area contributed by atoms with E-state index in [4.69, 9.17) is 14.2 Å². The molecule has 1 aromatic rings. The molecule has 0 heterocycles. The van der Waals surface area contributed by atoms with E-state index in [0.29, 0.717) is 16.0 Å². The number of aliphatic hydroxyl groups is 1. The Bertz CT molecular complexity index is 474. The lowest BCUT2D eigenvalue weighted by Crippen LogP contribution is -2.15. The molecule has 0 spiro atoms. The van der Waals surface area contributed by atoms with E-state index in [1.807, 2.05) is 0 Å². The van der Waals surface area contributed by atoms with Crippen LogP contribution in [0, 0.1) is 0 Å². The molecule has 0 saturated carbocycles. The molecule has 0 amide bonds. The molecular formula is C12H15BrO6. The largest absolute Gasteiger partial charge is 0.496 e. The van der Waals surface area contributed by atoms with Crippen molar-refractivity contribution in [2.45, 2.75) is 6.10 Å². The number of methoxy groups -OCH3 is 4. The molecule has 1 N–H and O–H groups in total. The van der Waals surface area contributed by atoms with Crippen molar-refractivity contribution < 1.29 is 28.8 Å². The molecule has 1 aromatic carbocycles. The Balaban J connectivity index is 3.49. The van der Waals surface area contributed by atoms with Gasteiger partial charge >= 0.3 is 5.97 Å². The van der Waals surface area contributed by atoms with Gasteiger partial charge < -0.3 is 24.1 Å². The first-order chi connectivity index (χ1) is 9.01. The van der Waals surface area contributed by atoms with E-state index in [2.05, 4.69) is 20.7 Å². The standard InChI is InChI=1S/C12H15BrO6/c1-16-6-5-7(17-2)11(18-3)9(13)8(6)10(14)12(15)19-4/h5,10,14H,1-4H3. The summed E-state index contributed by atoms with van der Waals surface area (Å²) in [6.07, 6.45) is -1.49. The number of halogens is 1. The van der Waals surface area contributed by atoms with Gasteiger partial charge in [0.05, 0.1) is 38.5 Å². The van der Waals surface area contributed by atoms with Crippen molar-refractivity contribution in [1.29, 1.82) is 0 Å². The second-order valence-electron chi connectivity index (χ2n) is 3.47. The summed E-state index contributed by atoms with van der Waals surface area (Å²) in [7, 11) is 5.53. The van der Waals surface area contributed by atoms with E-state index < -0.39 is 12.1 Å². The van der Waals surface area contributed by atoms with Gasteiger partial charge in [-0.1, -0.05) is 0 Å². The number of hydrogen-bond donors (Lipinski definition) is 1. The summed E-state index contributed by atoms with van der Waals surface area (Å²) < 4.78 is 20.4. The summed E-state index contributed by atoms with van der Waals surface area (Å²) in [5.41, 5.74) is 0.215. The van der Waals surface area contributed by atoms with Gasteiger partial charge in [0.15, 0.2) is 17.6 Å². The lowest BCUT2D eigenvalue weighted by Gasteiger charge is -2.19. The number of esters is 1. The molecule has 0 aromatic heterocycles. The second-order valence-corrected chi connectivity index (χ2v) is 4.26. The molecule has 1 atom stereocenters. The Morgan fingerprint density at radius 3 is 2.16 bits per heavy atom. The summed E-state index contributed by atoms with van der Waals surface area (Å²) in [5.74, 6) is 0.238. The van der Waals surface area contributed by atoms with Crippen molar-refractivity contribution >= 4 is 21.9 Å². The minimum absolute atomic E-state index is 0.215. The average Bonchev–Trinajstić information content (AvgIpc) is 2.44. The molecule has 1 rings (SSSR count). The molecule has 0 saturated heterocycles. The van der Waals surface area contributed by atoms with Gasteiger partial charge in [-0.25, -0.2) is 4.79 Å². The van der Waals surface area contributed by atoms with E-state index in [-0.39, 0.29) is 11.3 Å². The number of rotatable bonds is 5. The third kappa shape index (κ3) is 2.93. The van der Waals surface area contributed by atoms with Gasteiger partial charge in [0.25, 0.3) is 0 Å². The lowest BCUT2D eigenvalue weighted by molar-refractivity contribution is -0.150. The zero-order valence-electron chi connectivity index (χ0n) is 11.0. The predicted octanol–water partition coefficient (Wildman–Crippen LogP) is 1.68. The second kappa shape index (κ2) is 6.63. The molecular weight excluding hydrogens is 320 g/mol. The van der Waals surface area contributed by atoms with Crippen LogP contribution < -0.4 is 14.2 Å². The van der Waals surface area contributed by atoms with Crippen LogP contribution >= 0.6 is 15.9 Å². The average molecular weight is 335 g/mol. The molecule has 0 bridgehead atoms. The molecule has 0 aliphatic carbocycles. The summed E-state index contributed by atoms with van der Waals surface area (Å²) in [5, 5.41) is 9.98. The molecule has 1 unspecified atom stereocenters. The summed E-state index contributed by atoms with van der Waals surface area (Å²) in [4.78, 5) is 11.5. The molecule has 0 radical (unpaired) electrons. The Labute approximate surface area is 119 Å². The van der Waals surface area contributed by atoms with Crippen molar-refractivity contribution in [2.24, 2.45) is 0 Å². The lowest BCUT2D eigenvalue weighted by atomic mass is 10.1. The first-order valence-electron chi connectivity index (χ1n) is 5.26. The first-order valence-corrected chi connectivity index (χ1v) is 6.05. The third-order valence-corrected chi connectivity index (χ3v) is 3.32. The Hall–Kier alpha value is -1.47. The molecule has 7 heteroatoms. The number of hydrogen-bond acceptors (Lipinski definition) is 6. The summed E-state index contributed by atoms with van der Waals surface area (Å²) >= 11 is 3.27. The highest BCUT2D eigenvalue weighted by atomic mass is 79.9. The Kier molecular flexibility index (Phi) is 5.44. The van der Waals surface area contributed by atoms with Crippen molar-refractivity contribution in [3.63, 3.8) is 0 Å². The highest BCUT2D eigenvalue weighted by Crippen LogP contribution is 2.45. The molecule has 19 heavy (non-hydrogen) atoms. The van der Waals surface area contributed by atoms with Crippen LogP contribution in [0.1, 0.15) is 11.7 Å². The van der Waals surface area contributed by atoms with Crippen LogP contribution in [0.15, 0.2) is 10.5 Å². The predicted molar refractivity (Wildman–Crippen MR) is 70.8 cm³/mol. The number of aliphatic hydroxyl groups excluding tert-OH is 1. The number of ether oxygens (including phenoxy) is 4. The zero-order chi connectivity index (χ0) is 14.6. The smallest absolute Gasteiger partial charge is 0.339 e. The van der Waals surface area contributed by atoms with Crippen LogP contribution in [0.5, 0.6) is 17.2 Å². The highest BCUT2D eigenvalue weighted by molar-refractivity contribution is 9.10. The zero-order valence-corrected chi connectivity index (χ0v) is 12.6. The number of carbonyl (C=O) groups is 1. The third-order valence-electron chi connectivity index (χ3n) is 2.53. The number of carbonyl (C=O) groups excluding carboxylic acids is 1. The SMILES string of the molecule is COC(=O)C(O)c1c(OC)cc(OC)c(OC)c1Br. The Morgan fingerprint density at radius 2 is 1.74 bits per heavy atom. The van der Waals surface area contributed by atoms with Crippen LogP contribution in [-0.4, -0.2) is 39.5 Å². The highest BCUT2D eigenvalue weighted by Gasteiger charge is 2.28. The van der Waals surface area contributed by atoms with Gasteiger partial charge in [-0.15, -0.1) is 0 Å². The first kappa shape index (κ1) is 15.6. The fourth-order valence-corrected chi connectivity index (χ4v) is 2.37. The van der Waals surface area contributed by atoms with Crippen LogP contribution in [0.2, 0.25) is 0 Å². The van der Waals surface area contributed by atoms with Gasteiger partial charge in [0.1, 0.15) is 5.75 Å². The molecule has 6 nitrogen and oxygen atoms in total. The minimum atomic E-state index is -1.49. The van der Waals surface area contributed by atoms with E-state index in [9.17, 15) is 9.90 Å². The monoisotopic (exact) mass is 334 g/mol. The maximum Gasteiger partial charge on any atom is 0.339 e.